The summed E-state index contributed by atoms with van der Waals surface area (Å²) in [6.07, 6.45) is -1.19. The molecular weight excluding hydrogens is 350 g/mol. The largest absolute Gasteiger partial charge is 0.508 e. The Morgan fingerprint density at radius 1 is 1.14 bits per heavy atom. The van der Waals surface area contributed by atoms with Gasteiger partial charge in [-0.1, -0.05) is 0 Å². The van der Waals surface area contributed by atoms with Gasteiger partial charge in [0, 0.05) is 5.56 Å². The first-order valence-electron chi connectivity index (χ1n) is 5.92. The highest BCUT2D eigenvalue weighted by atomic mass is 32.3. The fourth-order valence-electron chi connectivity index (χ4n) is 1.74. The lowest BCUT2D eigenvalue weighted by Crippen LogP contribution is -2.10. The van der Waals surface area contributed by atoms with Crippen molar-refractivity contribution in [3.8, 4) is 5.75 Å². The van der Waals surface area contributed by atoms with Gasteiger partial charge in [-0.15, -0.1) is 11.3 Å². The van der Waals surface area contributed by atoms with Gasteiger partial charge in [0.15, 0.2) is 0 Å². The summed E-state index contributed by atoms with van der Waals surface area (Å²) in [7, 11) is -8.13. The number of phenolic OH excluding ortho intramolecular Hbond substituents is 1. The monoisotopic (exact) mass is 363 g/mol. The molecule has 0 bridgehead atoms. The Labute approximate surface area is 131 Å². The van der Waals surface area contributed by atoms with E-state index >= 15 is 0 Å². The number of sulfonamides is 1. The fraction of sp³-hybridized carbons (Fsp3) is 0.167. The standard InChI is InChI=1S/C12H13NO6S3/c1-7(14)10-6-11(22(13,18)19)20-12(10)21(16,17)9-4-2-8(15)3-5-9/h2-7,14-15H,1H3,(H2,13,18,19). The molecule has 1 atom stereocenters. The highest BCUT2D eigenvalue weighted by molar-refractivity contribution is 7.95. The van der Waals surface area contributed by atoms with Crippen molar-refractivity contribution in [2.24, 2.45) is 5.14 Å². The van der Waals surface area contributed by atoms with Gasteiger partial charge < -0.3 is 10.2 Å². The SMILES string of the molecule is CC(O)c1cc(S(N)(=O)=O)sc1S(=O)(=O)c1ccc(O)cc1. The molecule has 0 aliphatic rings. The third-order valence-corrected chi connectivity index (χ3v) is 7.71. The molecule has 1 heterocycles. The topological polar surface area (TPSA) is 135 Å². The van der Waals surface area contributed by atoms with Crippen LogP contribution in [0.3, 0.4) is 0 Å². The lowest BCUT2D eigenvalue weighted by molar-refractivity contribution is 0.197. The number of hydrogen-bond acceptors (Lipinski definition) is 7. The molecule has 0 saturated carbocycles. The van der Waals surface area contributed by atoms with Gasteiger partial charge in [-0.3, -0.25) is 0 Å². The minimum absolute atomic E-state index is 0.0397. The Kier molecular flexibility index (Phi) is 4.33. The maximum atomic E-state index is 12.6. The van der Waals surface area contributed by atoms with Crippen LogP contribution < -0.4 is 5.14 Å². The van der Waals surface area contributed by atoms with Crippen LogP contribution in [0.25, 0.3) is 0 Å². The van der Waals surface area contributed by atoms with Crippen LogP contribution >= 0.6 is 11.3 Å². The minimum atomic E-state index is -4.08. The first-order valence-corrected chi connectivity index (χ1v) is 9.77. The van der Waals surface area contributed by atoms with E-state index in [1.54, 1.807) is 0 Å². The number of primary sulfonamides is 1. The number of sulfone groups is 1. The second kappa shape index (κ2) is 5.63. The molecule has 0 amide bonds. The molecular formula is C12H13NO6S3. The summed E-state index contributed by atoms with van der Waals surface area (Å²) in [5.41, 5.74) is -0.0397. The molecule has 0 aliphatic carbocycles. The van der Waals surface area contributed by atoms with Gasteiger partial charge in [0.1, 0.15) is 14.2 Å². The maximum absolute atomic E-state index is 12.6. The van der Waals surface area contributed by atoms with Crippen molar-refractivity contribution in [3.05, 3.63) is 35.9 Å². The Bertz CT molecular complexity index is 895. The Hall–Kier alpha value is -1.46. The van der Waals surface area contributed by atoms with E-state index in [0.717, 1.165) is 6.07 Å². The van der Waals surface area contributed by atoms with Crippen LogP contribution in [0.15, 0.2) is 43.6 Å². The third-order valence-electron chi connectivity index (χ3n) is 2.82. The first-order chi connectivity index (χ1) is 10.0. The number of phenols is 1. The average Bonchev–Trinajstić information content (AvgIpc) is 2.85. The molecule has 0 aliphatic heterocycles. The van der Waals surface area contributed by atoms with Crippen LogP contribution in [-0.4, -0.2) is 27.0 Å². The van der Waals surface area contributed by atoms with Gasteiger partial charge in [-0.05, 0) is 37.3 Å². The lowest BCUT2D eigenvalue weighted by atomic mass is 10.2. The molecule has 2 rings (SSSR count). The van der Waals surface area contributed by atoms with Crippen LogP contribution in [0.5, 0.6) is 5.75 Å². The summed E-state index contributed by atoms with van der Waals surface area (Å²) in [5, 5.41) is 23.9. The molecule has 4 N–H and O–H groups in total. The van der Waals surface area contributed by atoms with Gasteiger partial charge >= 0.3 is 0 Å². The predicted molar refractivity (Wildman–Crippen MR) is 79.9 cm³/mol. The summed E-state index contributed by atoms with van der Waals surface area (Å²) in [5.74, 6) is -0.105. The fourth-order valence-corrected chi connectivity index (χ4v) is 5.86. The number of nitrogens with two attached hydrogens (primary N) is 1. The van der Waals surface area contributed by atoms with Gasteiger partial charge in [0.2, 0.25) is 19.9 Å². The van der Waals surface area contributed by atoms with E-state index in [-0.39, 0.29) is 24.6 Å². The lowest BCUT2D eigenvalue weighted by Gasteiger charge is -2.07. The van der Waals surface area contributed by atoms with Crippen LogP contribution in [0.4, 0.5) is 0 Å². The van der Waals surface area contributed by atoms with Crippen LogP contribution in [0.1, 0.15) is 18.6 Å². The van der Waals surface area contributed by atoms with Crippen molar-refractivity contribution in [1.29, 1.82) is 0 Å². The Morgan fingerprint density at radius 2 is 1.68 bits per heavy atom. The van der Waals surface area contributed by atoms with Gasteiger partial charge in [0.25, 0.3) is 0 Å². The van der Waals surface area contributed by atoms with E-state index < -0.39 is 26.0 Å². The molecule has 120 valence electrons. The second-order valence-corrected chi connectivity index (χ2v) is 9.51. The molecule has 7 nitrogen and oxygen atoms in total. The molecule has 10 heteroatoms. The van der Waals surface area contributed by atoms with Crippen LogP contribution in [0.2, 0.25) is 0 Å². The summed E-state index contributed by atoms with van der Waals surface area (Å²) >= 11 is 0.477. The third kappa shape index (κ3) is 3.15. The van der Waals surface area contributed by atoms with E-state index in [2.05, 4.69) is 0 Å². The minimum Gasteiger partial charge on any atom is -0.508 e. The second-order valence-electron chi connectivity index (χ2n) is 4.53. The molecule has 0 fully saturated rings. The Morgan fingerprint density at radius 3 is 2.14 bits per heavy atom. The highest BCUT2D eigenvalue weighted by Crippen LogP contribution is 2.37. The van der Waals surface area contributed by atoms with E-state index in [1.807, 2.05) is 0 Å². The average molecular weight is 363 g/mol. The summed E-state index contributed by atoms with van der Waals surface area (Å²) in [4.78, 5) is -0.130. The molecule has 0 spiro atoms. The molecule has 22 heavy (non-hydrogen) atoms. The van der Waals surface area contributed by atoms with Crippen LogP contribution in [-0.2, 0) is 19.9 Å². The number of hydrogen-bond donors (Lipinski definition) is 3. The van der Waals surface area contributed by atoms with Gasteiger partial charge in [0.05, 0.1) is 11.0 Å². The van der Waals surface area contributed by atoms with E-state index in [9.17, 15) is 27.0 Å². The molecule has 1 aromatic carbocycles. The van der Waals surface area contributed by atoms with E-state index in [4.69, 9.17) is 5.14 Å². The molecule has 0 saturated heterocycles. The first kappa shape index (κ1) is 16.9. The van der Waals surface area contributed by atoms with Crippen molar-refractivity contribution >= 4 is 31.2 Å². The molecule has 0 radical (unpaired) electrons. The summed E-state index contributed by atoms with van der Waals surface area (Å²) in [6.45, 7) is 1.32. The number of aliphatic hydroxyl groups excluding tert-OH is 1. The zero-order valence-corrected chi connectivity index (χ0v) is 13.7. The predicted octanol–water partition coefficient (Wildman–Crippen LogP) is 0.987. The zero-order chi connectivity index (χ0) is 16.7. The molecule has 1 unspecified atom stereocenters. The summed E-state index contributed by atoms with van der Waals surface area (Å²) < 4.78 is 47.4. The van der Waals surface area contributed by atoms with Gasteiger partial charge in [-0.25, -0.2) is 22.0 Å². The number of aliphatic hydroxyl groups is 1. The van der Waals surface area contributed by atoms with Crippen molar-refractivity contribution in [2.75, 3.05) is 0 Å². The number of rotatable bonds is 4. The van der Waals surface area contributed by atoms with Crippen molar-refractivity contribution in [3.63, 3.8) is 0 Å². The van der Waals surface area contributed by atoms with Crippen molar-refractivity contribution in [1.82, 2.24) is 0 Å². The molecule has 2 aromatic rings. The Balaban J connectivity index is 2.69. The smallest absolute Gasteiger partial charge is 0.247 e. The number of aromatic hydroxyl groups is 1. The van der Waals surface area contributed by atoms with E-state index in [0.29, 0.717) is 11.3 Å². The zero-order valence-electron chi connectivity index (χ0n) is 11.3. The number of benzene rings is 1. The maximum Gasteiger partial charge on any atom is 0.247 e. The van der Waals surface area contributed by atoms with Gasteiger partial charge in [-0.2, -0.15) is 0 Å². The van der Waals surface area contributed by atoms with Crippen LogP contribution in [0, 0.1) is 0 Å². The summed E-state index contributed by atoms with van der Waals surface area (Å²) in [6, 6.07) is 5.82. The van der Waals surface area contributed by atoms with Crippen molar-refractivity contribution in [2.45, 2.75) is 26.3 Å². The quantitative estimate of drug-likeness (QED) is 0.741. The van der Waals surface area contributed by atoms with Crippen molar-refractivity contribution < 1.29 is 27.0 Å². The highest BCUT2D eigenvalue weighted by Gasteiger charge is 2.29. The normalized spacial score (nSPS) is 14.0. The molecule has 1 aromatic heterocycles. The van der Waals surface area contributed by atoms with E-state index in [1.165, 1.54) is 31.2 Å². The number of thiophene rings is 1.